The highest BCUT2D eigenvalue weighted by Crippen LogP contribution is 2.33. The lowest BCUT2D eigenvalue weighted by Crippen LogP contribution is -2.25. The Hall–Kier alpha value is -2.47. The van der Waals surface area contributed by atoms with Gasteiger partial charge in [-0.1, -0.05) is 18.2 Å². The normalized spacial score (nSPS) is 17.3. The first kappa shape index (κ1) is 18.3. The molecular formula is C20H24FN3O2. The van der Waals surface area contributed by atoms with Crippen LogP contribution in [0.5, 0.6) is 5.75 Å². The van der Waals surface area contributed by atoms with Crippen LogP contribution in [0.1, 0.15) is 42.8 Å². The number of halogens is 1. The van der Waals surface area contributed by atoms with E-state index >= 15 is 0 Å². The molecule has 1 aromatic heterocycles. The molecule has 2 aromatic rings. The van der Waals surface area contributed by atoms with Gasteiger partial charge in [0.2, 0.25) is 5.91 Å². The molecule has 1 aromatic carbocycles. The number of nitrogens with one attached hydrogen (secondary N) is 1. The third-order valence-corrected chi connectivity index (χ3v) is 4.69. The van der Waals surface area contributed by atoms with Crippen LogP contribution in [-0.2, 0) is 17.9 Å². The van der Waals surface area contributed by atoms with Crippen LogP contribution >= 0.6 is 0 Å². The molecule has 0 aliphatic carbocycles. The van der Waals surface area contributed by atoms with Crippen molar-refractivity contribution < 1.29 is 13.9 Å². The predicted molar refractivity (Wildman–Crippen MR) is 97.1 cm³/mol. The van der Waals surface area contributed by atoms with Crippen molar-refractivity contribution in [1.82, 2.24) is 15.2 Å². The van der Waals surface area contributed by atoms with Crippen molar-refractivity contribution >= 4 is 5.91 Å². The van der Waals surface area contributed by atoms with Gasteiger partial charge in [-0.15, -0.1) is 0 Å². The highest BCUT2D eigenvalue weighted by atomic mass is 19.1. The zero-order valence-electron chi connectivity index (χ0n) is 15.2. The molecule has 0 unspecified atom stereocenters. The maximum atomic E-state index is 14.5. The summed E-state index contributed by atoms with van der Waals surface area (Å²) in [6.45, 7) is 3.33. The van der Waals surface area contributed by atoms with E-state index in [1.165, 1.54) is 14.0 Å². The fraction of sp³-hybridized carbons (Fsp3) is 0.400. The van der Waals surface area contributed by atoms with E-state index in [-0.39, 0.29) is 23.5 Å². The number of amides is 1. The second-order valence-corrected chi connectivity index (χ2v) is 6.53. The van der Waals surface area contributed by atoms with E-state index in [9.17, 15) is 9.18 Å². The van der Waals surface area contributed by atoms with Crippen molar-refractivity contribution in [3.05, 3.63) is 59.2 Å². The molecule has 3 rings (SSSR count). The molecule has 1 fully saturated rings. The monoisotopic (exact) mass is 357 g/mol. The van der Waals surface area contributed by atoms with Gasteiger partial charge in [0.05, 0.1) is 31.1 Å². The van der Waals surface area contributed by atoms with Crippen molar-refractivity contribution in [2.24, 2.45) is 0 Å². The smallest absolute Gasteiger partial charge is 0.217 e. The summed E-state index contributed by atoms with van der Waals surface area (Å²) < 4.78 is 19.6. The Bertz CT molecular complexity index is 781. The Morgan fingerprint density at radius 2 is 2.15 bits per heavy atom. The van der Waals surface area contributed by atoms with Crippen molar-refractivity contribution in [2.45, 2.75) is 38.9 Å². The first-order valence-corrected chi connectivity index (χ1v) is 8.84. The summed E-state index contributed by atoms with van der Waals surface area (Å²) in [4.78, 5) is 18.1. The van der Waals surface area contributed by atoms with E-state index in [4.69, 9.17) is 9.72 Å². The zero-order valence-corrected chi connectivity index (χ0v) is 15.2. The van der Waals surface area contributed by atoms with Gasteiger partial charge in [0.25, 0.3) is 0 Å². The highest BCUT2D eigenvalue weighted by molar-refractivity contribution is 5.72. The number of hydrogen-bond acceptors (Lipinski definition) is 4. The van der Waals surface area contributed by atoms with Gasteiger partial charge in [0, 0.05) is 19.0 Å². The zero-order chi connectivity index (χ0) is 18.5. The molecule has 1 N–H and O–H groups in total. The minimum absolute atomic E-state index is 0.0757. The number of rotatable bonds is 6. The summed E-state index contributed by atoms with van der Waals surface area (Å²) >= 11 is 0. The quantitative estimate of drug-likeness (QED) is 0.863. The molecule has 1 saturated heterocycles. The maximum absolute atomic E-state index is 14.5. The lowest BCUT2D eigenvalue weighted by Gasteiger charge is -2.25. The molecule has 6 heteroatoms. The number of aromatic nitrogens is 1. The Morgan fingerprint density at radius 1 is 1.35 bits per heavy atom. The van der Waals surface area contributed by atoms with Crippen LogP contribution in [0.25, 0.3) is 0 Å². The molecule has 1 aliphatic rings. The molecule has 0 saturated carbocycles. The van der Waals surface area contributed by atoms with Crippen LogP contribution < -0.4 is 10.1 Å². The Labute approximate surface area is 153 Å². The lowest BCUT2D eigenvalue weighted by molar-refractivity contribution is -0.119. The molecule has 1 amide bonds. The fourth-order valence-electron chi connectivity index (χ4n) is 3.40. The summed E-state index contributed by atoms with van der Waals surface area (Å²) in [5, 5.41) is 2.77. The van der Waals surface area contributed by atoms with Gasteiger partial charge in [-0.25, -0.2) is 4.39 Å². The van der Waals surface area contributed by atoms with Gasteiger partial charge in [-0.05, 0) is 37.6 Å². The van der Waals surface area contributed by atoms with Crippen molar-refractivity contribution in [1.29, 1.82) is 0 Å². The van der Waals surface area contributed by atoms with E-state index in [0.717, 1.165) is 30.8 Å². The predicted octanol–water partition coefficient (Wildman–Crippen LogP) is 3.20. The number of carbonyl (C=O) groups is 1. The van der Waals surface area contributed by atoms with Crippen LogP contribution in [0.4, 0.5) is 4.39 Å². The second kappa shape index (κ2) is 8.27. The third-order valence-electron chi connectivity index (χ3n) is 4.69. The SMILES string of the molecule is COc1cccc(CN2CCC[C@H]2c2cccc(CNC(C)=O)n2)c1F. The molecular weight excluding hydrogens is 333 g/mol. The van der Waals surface area contributed by atoms with Gasteiger partial charge in [0.1, 0.15) is 0 Å². The molecule has 2 heterocycles. The number of methoxy groups -OCH3 is 1. The summed E-state index contributed by atoms with van der Waals surface area (Å²) in [6.07, 6.45) is 2.04. The third kappa shape index (κ3) is 4.19. The van der Waals surface area contributed by atoms with E-state index in [2.05, 4.69) is 10.2 Å². The number of likely N-dealkylation sites (tertiary alicyclic amines) is 1. The van der Waals surface area contributed by atoms with Gasteiger partial charge < -0.3 is 10.1 Å². The summed E-state index contributed by atoms with van der Waals surface area (Å²) in [7, 11) is 1.48. The average molecular weight is 357 g/mol. The van der Waals surface area contributed by atoms with Gasteiger partial charge >= 0.3 is 0 Å². The summed E-state index contributed by atoms with van der Waals surface area (Å²) in [6, 6.07) is 11.3. The number of ether oxygens (including phenoxy) is 1. The molecule has 1 atom stereocenters. The largest absolute Gasteiger partial charge is 0.494 e. The van der Waals surface area contributed by atoms with Gasteiger partial charge in [0.15, 0.2) is 11.6 Å². The molecule has 138 valence electrons. The number of pyridine rings is 1. The Kier molecular flexibility index (Phi) is 5.83. The first-order valence-electron chi connectivity index (χ1n) is 8.84. The van der Waals surface area contributed by atoms with Crippen molar-refractivity contribution in [3.8, 4) is 5.75 Å². The summed E-state index contributed by atoms with van der Waals surface area (Å²) in [5.74, 6) is -0.102. The Morgan fingerprint density at radius 3 is 2.92 bits per heavy atom. The van der Waals surface area contributed by atoms with Crippen LogP contribution in [0.15, 0.2) is 36.4 Å². The number of carbonyl (C=O) groups excluding carboxylic acids is 1. The van der Waals surface area contributed by atoms with Crippen LogP contribution in [0, 0.1) is 5.82 Å². The second-order valence-electron chi connectivity index (χ2n) is 6.53. The first-order chi connectivity index (χ1) is 12.6. The summed E-state index contributed by atoms with van der Waals surface area (Å²) in [5.41, 5.74) is 2.43. The lowest BCUT2D eigenvalue weighted by atomic mass is 10.1. The van der Waals surface area contributed by atoms with E-state index in [1.54, 1.807) is 12.1 Å². The topological polar surface area (TPSA) is 54.5 Å². The standard InChI is InChI=1S/C20H24FN3O2/c1-14(25)22-12-16-7-4-8-17(23-16)18-9-5-11-24(18)13-15-6-3-10-19(26-2)20(15)21/h3-4,6-8,10,18H,5,9,11-13H2,1-2H3,(H,22,25)/t18-/m0/s1. The van der Waals surface area contributed by atoms with Gasteiger partial charge in [-0.3, -0.25) is 14.7 Å². The molecule has 26 heavy (non-hydrogen) atoms. The van der Waals surface area contributed by atoms with Crippen LogP contribution in [0.2, 0.25) is 0 Å². The minimum atomic E-state index is -0.298. The fourth-order valence-corrected chi connectivity index (χ4v) is 3.40. The number of benzene rings is 1. The Balaban J connectivity index is 1.76. The number of nitrogens with zero attached hydrogens (tertiary/aromatic N) is 2. The minimum Gasteiger partial charge on any atom is -0.494 e. The van der Waals surface area contributed by atoms with E-state index in [0.29, 0.717) is 18.7 Å². The molecule has 5 nitrogen and oxygen atoms in total. The van der Waals surface area contributed by atoms with Crippen LogP contribution in [0.3, 0.4) is 0 Å². The van der Waals surface area contributed by atoms with Crippen LogP contribution in [-0.4, -0.2) is 29.4 Å². The molecule has 0 radical (unpaired) electrons. The van der Waals surface area contributed by atoms with Crippen molar-refractivity contribution in [2.75, 3.05) is 13.7 Å². The number of hydrogen-bond donors (Lipinski definition) is 1. The average Bonchev–Trinajstić information content (AvgIpc) is 3.10. The molecule has 1 aliphatic heterocycles. The van der Waals surface area contributed by atoms with Gasteiger partial charge in [-0.2, -0.15) is 0 Å². The van der Waals surface area contributed by atoms with E-state index in [1.807, 2.05) is 24.3 Å². The molecule has 0 bridgehead atoms. The molecule has 0 spiro atoms. The highest BCUT2D eigenvalue weighted by Gasteiger charge is 2.28. The van der Waals surface area contributed by atoms with E-state index < -0.39 is 0 Å². The maximum Gasteiger partial charge on any atom is 0.217 e. The van der Waals surface area contributed by atoms with Crippen molar-refractivity contribution in [3.63, 3.8) is 0 Å².